The van der Waals surface area contributed by atoms with Gasteiger partial charge in [-0.2, -0.15) is 0 Å². The highest BCUT2D eigenvalue weighted by Crippen LogP contribution is 2.70. The van der Waals surface area contributed by atoms with Crippen molar-refractivity contribution in [1.82, 2.24) is 0 Å². The Morgan fingerprint density at radius 3 is 2.31 bits per heavy atom. The van der Waals surface area contributed by atoms with E-state index in [-0.39, 0.29) is 16.2 Å². The van der Waals surface area contributed by atoms with Crippen LogP contribution in [0.25, 0.3) is 5.57 Å². The molecule has 184 valence electrons. The number of benzene rings is 1. The molecule has 0 aliphatic heterocycles. The fourth-order valence-corrected chi connectivity index (χ4v) is 8.01. The molecule has 0 heteroatoms. The molecule has 0 fully saturated rings. The van der Waals surface area contributed by atoms with Crippen molar-refractivity contribution >= 4 is 5.57 Å². The van der Waals surface area contributed by atoms with E-state index in [0.717, 1.165) is 31.3 Å². The van der Waals surface area contributed by atoms with E-state index in [1.165, 1.54) is 55.7 Å². The van der Waals surface area contributed by atoms with Gasteiger partial charge in [-0.25, -0.2) is 0 Å². The second kappa shape index (κ2) is 8.27. The van der Waals surface area contributed by atoms with Crippen LogP contribution in [0.15, 0.2) is 65.3 Å². The summed E-state index contributed by atoms with van der Waals surface area (Å²) in [7, 11) is 0. The standard InChI is InChI=1S/C35H44/c1-21(2)14-13-15-28-17-16-23(5)31-25(7)32-27(9)35(12)26(8)30(22(3)4)24(6)18-34(35,11)20-33(32,10)19-29(28)31/h16-17,21H,3,7-8,14,18-20H2,1-2,4-6,9-12H3/t33-,34+,35-/m1/s1. The van der Waals surface area contributed by atoms with E-state index in [2.05, 4.69) is 92.9 Å². The van der Waals surface area contributed by atoms with Crippen LogP contribution in [0.1, 0.15) is 96.9 Å². The van der Waals surface area contributed by atoms with Gasteiger partial charge in [0, 0.05) is 17.4 Å². The summed E-state index contributed by atoms with van der Waals surface area (Å²) >= 11 is 0. The van der Waals surface area contributed by atoms with Gasteiger partial charge in [0.25, 0.3) is 0 Å². The fourth-order valence-electron chi connectivity index (χ4n) is 8.01. The molecule has 0 saturated heterocycles. The number of fused-ring (bicyclic) bond motifs is 3. The molecule has 0 radical (unpaired) electrons. The molecule has 0 aromatic heterocycles. The van der Waals surface area contributed by atoms with Crippen molar-refractivity contribution in [2.24, 2.45) is 22.2 Å². The van der Waals surface area contributed by atoms with E-state index < -0.39 is 0 Å². The molecule has 3 aliphatic carbocycles. The Labute approximate surface area is 215 Å². The quantitative estimate of drug-likeness (QED) is 0.382. The van der Waals surface area contributed by atoms with Crippen molar-refractivity contribution in [2.45, 2.75) is 88.0 Å². The SMILES string of the molecule is C=C(C)C1=C(C)C[C@@]2(C)C[C@@]3(C)Cc4c(C#CCC(C)C)ccc(C)c4C(=C)C3=C(C)[C@@]2(C)C1=C. The van der Waals surface area contributed by atoms with Crippen LogP contribution in [0.5, 0.6) is 0 Å². The van der Waals surface area contributed by atoms with Gasteiger partial charge in [0.1, 0.15) is 0 Å². The lowest BCUT2D eigenvalue weighted by Gasteiger charge is -2.62. The van der Waals surface area contributed by atoms with Gasteiger partial charge in [-0.15, -0.1) is 0 Å². The first kappa shape index (κ1) is 25.6. The van der Waals surface area contributed by atoms with Gasteiger partial charge in [-0.05, 0) is 109 Å². The molecule has 0 spiro atoms. The number of hydrogen-bond acceptors (Lipinski definition) is 0. The van der Waals surface area contributed by atoms with Crippen LogP contribution >= 0.6 is 0 Å². The van der Waals surface area contributed by atoms with Crippen molar-refractivity contribution in [3.63, 3.8) is 0 Å². The second-order valence-corrected chi connectivity index (χ2v) is 12.9. The molecule has 4 rings (SSSR count). The van der Waals surface area contributed by atoms with E-state index in [4.69, 9.17) is 13.2 Å². The highest BCUT2D eigenvalue weighted by molar-refractivity contribution is 5.87. The molecular weight excluding hydrogens is 420 g/mol. The zero-order valence-corrected chi connectivity index (χ0v) is 23.7. The average Bonchev–Trinajstić information content (AvgIpc) is 2.71. The molecule has 0 heterocycles. The van der Waals surface area contributed by atoms with Crippen molar-refractivity contribution in [3.05, 3.63) is 87.6 Å². The third-order valence-electron chi connectivity index (χ3n) is 9.56. The molecule has 0 nitrogen and oxygen atoms in total. The van der Waals surface area contributed by atoms with Crippen LogP contribution in [-0.2, 0) is 6.42 Å². The molecule has 0 N–H and O–H groups in total. The van der Waals surface area contributed by atoms with E-state index >= 15 is 0 Å². The summed E-state index contributed by atoms with van der Waals surface area (Å²) in [6.07, 6.45) is 4.16. The molecule has 3 atom stereocenters. The predicted molar refractivity (Wildman–Crippen MR) is 153 cm³/mol. The van der Waals surface area contributed by atoms with Crippen LogP contribution in [0.4, 0.5) is 0 Å². The van der Waals surface area contributed by atoms with Gasteiger partial charge in [-0.1, -0.05) is 89.0 Å². The van der Waals surface area contributed by atoms with Crippen LogP contribution in [0, 0.1) is 40.9 Å². The Morgan fingerprint density at radius 2 is 1.71 bits per heavy atom. The first-order chi connectivity index (χ1) is 16.2. The molecule has 3 aliphatic rings. The average molecular weight is 465 g/mol. The maximum Gasteiger partial charge on any atom is 0.0283 e. The number of aryl methyl sites for hydroxylation is 1. The molecule has 0 bridgehead atoms. The molecule has 0 saturated carbocycles. The topological polar surface area (TPSA) is 0 Å². The third kappa shape index (κ3) is 3.57. The van der Waals surface area contributed by atoms with Gasteiger partial charge >= 0.3 is 0 Å². The van der Waals surface area contributed by atoms with Crippen LogP contribution in [-0.4, -0.2) is 0 Å². The number of rotatable bonds is 2. The highest BCUT2D eigenvalue weighted by atomic mass is 14.6. The zero-order valence-electron chi connectivity index (χ0n) is 23.7. The summed E-state index contributed by atoms with van der Waals surface area (Å²) in [5.41, 5.74) is 14.5. The summed E-state index contributed by atoms with van der Waals surface area (Å²) < 4.78 is 0. The minimum absolute atomic E-state index is 0.0337. The molecule has 0 amide bonds. The Kier molecular flexibility index (Phi) is 6.04. The summed E-state index contributed by atoms with van der Waals surface area (Å²) in [4.78, 5) is 0. The number of hydrogen-bond donors (Lipinski definition) is 0. The first-order valence-electron chi connectivity index (χ1n) is 13.3. The first-order valence-corrected chi connectivity index (χ1v) is 13.3. The van der Waals surface area contributed by atoms with Crippen LogP contribution < -0.4 is 0 Å². The lowest BCUT2D eigenvalue weighted by atomic mass is 9.41. The van der Waals surface area contributed by atoms with Gasteiger partial charge in [0.15, 0.2) is 0 Å². The Hall–Kier alpha value is -2.52. The highest BCUT2D eigenvalue weighted by Gasteiger charge is 2.59. The molecule has 0 unspecified atom stereocenters. The van der Waals surface area contributed by atoms with E-state index in [1.54, 1.807) is 0 Å². The monoisotopic (exact) mass is 464 g/mol. The Morgan fingerprint density at radius 1 is 1.06 bits per heavy atom. The molecule has 35 heavy (non-hydrogen) atoms. The Bertz CT molecular complexity index is 1290. The van der Waals surface area contributed by atoms with Crippen molar-refractivity contribution < 1.29 is 0 Å². The van der Waals surface area contributed by atoms with Crippen LogP contribution in [0.2, 0.25) is 0 Å². The maximum absolute atomic E-state index is 4.77. The normalized spacial score (nSPS) is 30.0. The number of allylic oxidation sites excluding steroid dienone is 7. The van der Waals surface area contributed by atoms with Gasteiger partial charge in [0.05, 0.1) is 0 Å². The maximum atomic E-state index is 4.77. The minimum Gasteiger partial charge on any atom is -0.0976 e. The van der Waals surface area contributed by atoms with E-state index in [9.17, 15) is 0 Å². The lowest BCUT2D eigenvalue weighted by Crippen LogP contribution is -2.52. The van der Waals surface area contributed by atoms with Crippen molar-refractivity contribution in [3.8, 4) is 11.8 Å². The summed E-state index contributed by atoms with van der Waals surface area (Å²) in [6, 6.07) is 4.48. The van der Waals surface area contributed by atoms with Crippen LogP contribution in [0.3, 0.4) is 0 Å². The smallest absolute Gasteiger partial charge is 0.0283 e. The largest absolute Gasteiger partial charge is 0.0976 e. The van der Waals surface area contributed by atoms with Crippen molar-refractivity contribution in [2.75, 3.05) is 0 Å². The zero-order chi connectivity index (χ0) is 26.1. The van der Waals surface area contributed by atoms with E-state index in [1.807, 2.05) is 0 Å². The second-order valence-electron chi connectivity index (χ2n) is 12.9. The summed E-state index contributed by atoms with van der Waals surface area (Å²) in [6.45, 7) is 34.7. The molecule has 1 aromatic carbocycles. The van der Waals surface area contributed by atoms with E-state index in [0.29, 0.717) is 5.92 Å². The minimum atomic E-state index is -0.112. The predicted octanol–water partition coefficient (Wildman–Crippen LogP) is 9.55. The third-order valence-corrected chi connectivity index (χ3v) is 9.56. The van der Waals surface area contributed by atoms with Gasteiger partial charge in [-0.3, -0.25) is 0 Å². The van der Waals surface area contributed by atoms with Gasteiger partial charge in [0.2, 0.25) is 0 Å². The van der Waals surface area contributed by atoms with Crippen molar-refractivity contribution in [1.29, 1.82) is 0 Å². The molecule has 1 aromatic rings. The Balaban J connectivity index is 1.96. The lowest BCUT2D eigenvalue weighted by molar-refractivity contribution is 0.0544. The molecular formula is C35H44. The van der Waals surface area contributed by atoms with Gasteiger partial charge < -0.3 is 0 Å². The summed E-state index contributed by atoms with van der Waals surface area (Å²) in [5, 5.41) is 0. The summed E-state index contributed by atoms with van der Waals surface area (Å²) in [5.74, 6) is 7.58. The fraction of sp³-hybridized carbons (Fsp3) is 0.486.